The first-order chi connectivity index (χ1) is 55.2. The molecule has 16 nitrogen and oxygen atoms in total. The Hall–Kier alpha value is -4.31. The fraction of sp³-hybridized carbons (Fsp3) is 0.737. The van der Waals surface area contributed by atoms with Crippen molar-refractivity contribution in [2.45, 2.75) is 411 Å². The molecule has 0 amide bonds. The molecule has 0 saturated heterocycles. The molecule has 5 unspecified atom stereocenters. The summed E-state index contributed by atoms with van der Waals surface area (Å²) in [5.41, 5.74) is 0. The third-order valence-electron chi connectivity index (χ3n) is 19.3. The minimum atomic E-state index is -4.94. The number of unbranched alkanes of at least 4 members (excludes halogenated alkanes) is 41. The van der Waals surface area contributed by atoms with E-state index in [0.29, 0.717) is 19.3 Å². The van der Waals surface area contributed by atoms with Crippen LogP contribution in [0.25, 0.3) is 0 Å². The Morgan fingerprint density at radius 2 is 0.442 bits per heavy atom. The minimum Gasteiger partial charge on any atom is -0.463 e. The van der Waals surface area contributed by atoms with Gasteiger partial charge in [-0.25, -0.2) is 9.13 Å². The number of phosphoric ester groups is 2. The summed E-state index contributed by atoms with van der Waals surface area (Å²) in [5.74, 6) is -1.58. The lowest BCUT2D eigenvalue weighted by atomic mass is 10.0. The van der Waals surface area contributed by atoms with Gasteiger partial charge in [-0.1, -0.05) is 360 Å². The van der Waals surface area contributed by atoms with Crippen LogP contribution in [0.5, 0.6) is 0 Å². The number of carbonyl (C=O) groups excluding carboxylic acids is 3. The summed E-state index contributed by atoms with van der Waals surface area (Å²) in [6.45, 7) is 2.63. The molecular weight excluding hydrogens is 1460 g/mol. The molecule has 113 heavy (non-hydrogen) atoms. The number of allylic oxidation sites excluding steroid dienone is 22. The summed E-state index contributed by atoms with van der Waals surface area (Å²) < 4.78 is 61.4. The number of aliphatic hydroxyl groups excluding tert-OH is 2. The summed E-state index contributed by atoms with van der Waals surface area (Å²) in [6, 6.07) is 0. The van der Waals surface area contributed by atoms with Gasteiger partial charge < -0.3 is 34.2 Å². The van der Waals surface area contributed by atoms with Crippen LogP contribution in [0, 0.1) is 0 Å². The van der Waals surface area contributed by atoms with E-state index in [1.165, 1.54) is 186 Å². The molecule has 0 aromatic heterocycles. The van der Waals surface area contributed by atoms with Crippen molar-refractivity contribution in [2.75, 3.05) is 39.6 Å². The van der Waals surface area contributed by atoms with Crippen molar-refractivity contribution in [3.63, 3.8) is 0 Å². The largest absolute Gasteiger partial charge is 0.472 e. The van der Waals surface area contributed by atoms with Crippen LogP contribution in [0.2, 0.25) is 0 Å². The van der Waals surface area contributed by atoms with Gasteiger partial charge >= 0.3 is 33.6 Å². The van der Waals surface area contributed by atoms with Gasteiger partial charge in [0.25, 0.3) is 0 Å². The number of phosphoric acid groups is 2. The highest BCUT2D eigenvalue weighted by atomic mass is 31.2. The molecule has 652 valence electrons. The average Bonchev–Trinajstić information content (AvgIpc) is 0.900. The first kappa shape index (κ1) is 109. The number of rotatable bonds is 86. The molecule has 18 heteroatoms. The Bertz CT molecular complexity index is 2580. The van der Waals surface area contributed by atoms with E-state index in [0.717, 1.165) is 148 Å². The fourth-order valence-electron chi connectivity index (χ4n) is 12.4. The molecule has 5 atom stereocenters. The molecule has 0 rings (SSSR count). The van der Waals surface area contributed by atoms with Crippen LogP contribution >= 0.6 is 15.6 Å². The SMILES string of the molecule is CCCCC/C=C\C/C=C\C/C=C\C/C=C\CCCCCCCCCCCCCCCCCCCC(=O)OCC(O)COP(=O)(O)OCC(O)COP(=O)(O)OCC(COC(=O)CCCCCCCCCCC/C=C\C/C=C\C/C=C\C/C=C\CCCCC)OC(=O)CCCCCCCC/C=C\C/C=C\C/C=C\CCCCC. The Labute approximate surface area is 690 Å². The Morgan fingerprint density at radius 3 is 0.699 bits per heavy atom. The van der Waals surface area contributed by atoms with Crippen LogP contribution in [0.1, 0.15) is 393 Å². The van der Waals surface area contributed by atoms with Gasteiger partial charge in [0.1, 0.15) is 25.4 Å². The van der Waals surface area contributed by atoms with E-state index < -0.39 is 91.5 Å². The highest BCUT2D eigenvalue weighted by Crippen LogP contribution is 2.45. The van der Waals surface area contributed by atoms with Gasteiger partial charge in [0.05, 0.1) is 26.4 Å². The number of hydrogen-bond acceptors (Lipinski definition) is 14. The maximum Gasteiger partial charge on any atom is 0.472 e. The second-order valence-electron chi connectivity index (χ2n) is 30.4. The first-order valence-electron chi connectivity index (χ1n) is 45.5. The van der Waals surface area contributed by atoms with Gasteiger partial charge in [-0.05, 0) is 148 Å². The number of esters is 3. The van der Waals surface area contributed by atoms with Gasteiger partial charge in [0.2, 0.25) is 0 Å². The number of carbonyl (C=O) groups is 3. The molecule has 0 aromatic rings. The summed E-state index contributed by atoms with van der Waals surface area (Å²) in [7, 11) is -9.81. The predicted molar refractivity (Wildman–Crippen MR) is 473 cm³/mol. The molecule has 0 heterocycles. The van der Waals surface area contributed by atoms with E-state index in [9.17, 15) is 43.5 Å². The van der Waals surface area contributed by atoms with Crippen LogP contribution in [-0.4, -0.2) is 95.9 Å². The van der Waals surface area contributed by atoms with Crippen molar-refractivity contribution in [3.05, 3.63) is 134 Å². The van der Waals surface area contributed by atoms with Crippen molar-refractivity contribution in [2.24, 2.45) is 0 Å². The smallest absolute Gasteiger partial charge is 0.463 e. The normalized spacial score (nSPS) is 14.4. The molecule has 0 saturated carbocycles. The van der Waals surface area contributed by atoms with E-state index >= 15 is 0 Å². The third kappa shape index (κ3) is 88.3. The van der Waals surface area contributed by atoms with Gasteiger partial charge in [0.15, 0.2) is 6.10 Å². The van der Waals surface area contributed by atoms with Crippen LogP contribution in [0.3, 0.4) is 0 Å². The fourth-order valence-corrected chi connectivity index (χ4v) is 14.0. The van der Waals surface area contributed by atoms with Crippen molar-refractivity contribution in [1.29, 1.82) is 0 Å². The average molecular weight is 1630 g/mol. The second kappa shape index (κ2) is 87.0. The van der Waals surface area contributed by atoms with Gasteiger partial charge in [0, 0.05) is 19.3 Å². The van der Waals surface area contributed by atoms with E-state index in [-0.39, 0.29) is 19.3 Å². The zero-order valence-electron chi connectivity index (χ0n) is 71.8. The highest BCUT2D eigenvalue weighted by molar-refractivity contribution is 7.47. The van der Waals surface area contributed by atoms with Crippen LogP contribution in [0.15, 0.2) is 134 Å². The predicted octanol–water partition coefficient (Wildman–Crippen LogP) is 27.8. The van der Waals surface area contributed by atoms with E-state index in [2.05, 4.69) is 154 Å². The highest BCUT2D eigenvalue weighted by Gasteiger charge is 2.29. The van der Waals surface area contributed by atoms with Crippen molar-refractivity contribution < 1.29 is 75.8 Å². The lowest BCUT2D eigenvalue weighted by molar-refractivity contribution is -0.161. The minimum absolute atomic E-state index is 0.0868. The molecule has 0 aliphatic carbocycles. The summed E-state index contributed by atoms with van der Waals surface area (Å²) >= 11 is 0. The zero-order chi connectivity index (χ0) is 82.2. The molecule has 0 spiro atoms. The Morgan fingerprint density at radius 1 is 0.248 bits per heavy atom. The number of aliphatic hydroxyl groups is 2. The van der Waals surface area contributed by atoms with Crippen LogP contribution < -0.4 is 0 Å². The van der Waals surface area contributed by atoms with Crippen molar-refractivity contribution in [1.82, 2.24) is 0 Å². The number of ether oxygens (including phenoxy) is 3. The Balaban J connectivity index is 4.53. The molecule has 4 N–H and O–H groups in total. The molecule has 0 radical (unpaired) electrons. The maximum atomic E-state index is 13.0. The van der Waals surface area contributed by atoms with E-state index in [1.807, 2.05) is 0 Å². The van der Waals surface area contributed by atoms with Crippen molar-refractivity contribution >= 4 is 33.6 Å². The van der Waals surface area contributed by atoms with E-state index in [4.69, 9.17) is 32.3 Å². The monoisotopic (exact) mass is 1630 g/mol. The molecule has 0 bridgehead atoms. The van der Waals surface area contributed by atoms with Gasteiger partial charge in [-0.15, -0.1) is 0 Å². The van der Waals surface area contributed by atoms with Gasteiger partial charge in [-0.2, -0.15) is 0 Å². The quantitative estimate of drug-likeness (QED) is 0.0146. The summed E-state index contributed by atoms with van der Waals surface area (Å²) in [4.78, 5) is 58.9. The molecule has 0 aliphatic heterocycles. The van der Waals surface area contributed by atoms with E-state index in [1.54, 1.807) is 0 Å². The number of hydrogen-bond donors (Lipinski definition) is 4. The van der Waals surface area contributed by atoms with Gasteiger partial charge in [-0.3, -0.25) is 32.5 Å². The third-order valence-corrected chi connectivity index (χ3v) is 21.2. The standard InChI is InChI=1S/C95H166O16P2/c1-4-7-10-13-16-19-22-25-28-31-34-36-38-40-41-42-43-44-45-46-47-49-51-52-55-57-60-63-66-69-72-75-78-81-93(98)105-84-90(96)85-107-112(101,102)108-86-91(97)87-109-113(103,104)110-89-92(111-95(100)83-80-77-74-71-68-65-62-59-54-33-30-27-24-21-18-15-12-9-6-3)88-106-94(99)82-79-76-73-70-67-64-61-58-56-53-50-48-39-37-35-32-29-26-23-20-17-14-11-8-5-2/h16-21,25-30,34-37,40-41,48,50,54,59,90-92,96-97H,4-15,22-24,31-33,38-39,42-47,49,51-53,55-58,60-89H2,1-3H3,(H,101,102)(H,103,104)/b19-16-,20-17-,21-18-,28-25-,29-26-,30-27-,36-34-,37-35-,41-40-,50-48-,59-54-. The zero-order valence-corrected chi connectivity index (χ0v) is 73.6. The topological polar surface area (TPSA) is 231 Å². The van der Waals surface area contributed by atoms with Crippen LogP contribution in [-0.2, 0) is 55.8 Å². The molecule has 0 aliphatic rings. The lowest BCUT2D eigenvalue weighted by Gasteiger charge is -2.21. The first-order valence-corrected chi connectivity index (χ1v) is 48.5. The molecule has 0 fully saturated rings. The summed E-state index contributed by atoms with van der Waals surface area (Å²) in [5, 5.41) is 20.7. The summed E-state index contributed by atoms with van der Waals surface area (Å²) in [6.07, 6.45) is 108. The Kier molecular flexibility index (Phi) is 83.7. The van der Waals surface area contributed by atoms with Crippen molar-refractivity contribution in [3.8, 4) is 0 Å². The maximum absolute atomic E-state index is 13.0. The lowest BCUT2D eigenvalue weighted by Crippen LogP contribution is -2.30. The molecular formula is C95H166O16P2. The second-order valence-corrected chi connectivity index (χ2v) is 33.3. The van der Waals surface area contributed by atoms with Crippen LogP contribution in [0.4, 0.5) is 0 Å². The molecule has 0 aromatic carbocycles.